The topological polar surface area (TPSA) is 90.9 Å². The molecule has 0 aliphatic carbocycles. The Morgan fingerprint density at radius 3 is 2.63 bits per heavy atom. The summed E-state index contributed by atoms with van der Waals surface area (Å²) in [6, 6.07) is 4.35. The minimum atomic E-state index is -3.23. The first-order chi connectivity index (χ1) is 13.7. The molecule has 1 fully saturated rings. The first-order valence-electron chi connectivity index (χ1n) is 9.88. The van der Waals surface area contributed by atoms with Gasteiger partial charge in [-0.15, -0.1) is 24.0 Å². The van der Waals surface area contributed by atoms with E-state index in [1.165, 1.54) is 24.6 Å². The number of aliphatic imine (C=N–C) groups is 1. The van der Waals surface area contributed by atoms with Crippen molar-refractivity contribution in [2.24, 2.45) is 4.99 Å². The number of guanidine groups is 1. The lowest BCUT2D eigenvalue weighted by Gasteiger charge is -2.33. The van der Waals surface area contributed by atoms with Crippen molar-refractivity contribution in [3.8, 4) is 0 Å². The molecule has 2 rings (SSSR count). The van der Waals surface area contributed by atoms with Gasteiger partial charge in [0, 0.05) is 45.4 Å². The Morgan fingerprint density at radius 2 is 2.00 bits per heavy atom. The van der Waals surface area contributed by atoms with E-state index in [0.717, 1.165) is 25.6 Å². The zero-order valence-electron chi connectivity index (χ0n) is 17.8. The molecule has 1 amide bonds. The van der Waals surface area contributed by atoms with E-state index in [1.54, 1.807) is 7.05 Å². The second-order valence-electron chi connectivity index (χ2n) is 7.52. The molecule has 0 radical (unpaired) electrons. The molecule has 0 spiro atoms. The van der Waals surface area contributed by atoms with Crippen LogP contribution in [0.15, 0.2) is 23.2 Å². The van der Waals surface area contributed by atoms with Gasteiger partial charge in [-0.3, -0.25) is 9.79 Å². The van der Waals surface area contributed by atoms with Crippen molar-refractivity contribution in [3.05, 3.63) is 35.1 Å². The lowest BCUT2D eigenvalue weighted by atomic mass is 10.0. The number of hydrogen-bond acceptors (Lipinski definition) is 4. The summed E-state index contributed by atoms with van der Waals surface area (Å²) < 4.78 is 36.8. The SMILES string of the molecule is CN=C(NCCC(=O)N1CCCCC1C)NCc1cc(F)ccc1CS(C)(=O)=O.I. The smallest absolute Gasteiger partial charge is 0.224 e. The molecule has 0 aromatic heterocycles. The Morgan fingerprint density at radius 1 is 1.27 bits per heavy atom. The third-order valence-electron chi connectivity index (χ3n) is 5.01. The number of sulfone groups is 1. The van der Waals surface area contributed by atoms with Gasteiger partial charge in [-0.1, -0.05) is 6.07 Å². The van der Waals surface area contributed by atoms with E-state index in [0.29, 0.717) is 30.1 Å². The van der Waals surface area contributed by atoms with Gasteiger partial charge >= 0.3 is 0 Å². The summed E-state index contributed by atoms with van der Waals surface area (Å²) in [4.78, 5) is 18.4. The second kappa shape index (κ2) is 12.4. The lowest BCUT2D eigenvalue weighted by molar-refractivity contribution is -0.134. The third kappa shape index (κ3) is 8.75. The van der Waals surface area contributed by atoms with Crippen molar-refractivity contribution < 1.29 is 17.6 Å². The zero-order valence-corrected chi connectivity index (χ0v) is 20.9. The van der Waals surface area contributed by atoms with Crippen LogP contribution in [0.1, 0.15) is 43.7 Å². The molecule has 7 nitrogen and oxygen atoms in total. The Kier molecular flexibility index (Phi) is 11.0. The number of amides is 1. The molecule has 1 atom stereocenters. The molecule has 1 aromatic carbocycles. The Bertz CT molecular complexity index is 848. The fourth-order valence-electron chi connectivity index (χ4n) is 3.48. The van der Waals surface area contributed by atoms with Gasteiger partial charge in [0.1, 0.15) is 5.82 Å². The highest BCUT2D eigenvalue weighted by Crippen LogP contribution is 2.17. The lowest BCUT2D eigenvalue weighted by Crippen LogP contribution is -2.44. The van der Waals surface area contributed by atoms with Crippen LogP contribution < -0.4 is 10.6 Å². The van der Waals surface area contributed by atoms with E-state index in [4.69, 9.17) is 0 Å². The third-order valence-corrected chi connectivity index (χ3v) is 5.85. The van der Waals surface area contributed by atoms with Crippen LogP contribution in [0, 0.1) is 5.82 Å². The fraction of sp³-hybridized carbons (Fsp3) is 0.600. The second-order valence-corrected chi connectivity index (χ2v) is 9.66. The standard InChI is InChI=1S/C20H31FN4O3S.HI/c1-15-6-4-5-11-25(15)19(26)9-10-23-20(22-2)24-13-17-12-18(21)8-7-16(17)14-29(3,27)28;/h7-8,12,15H,4-6,9-11,13-14H2,1-3H3,(H2,22,23,24);1H. The van der Waals surface area contributed by atoms with E-state index >= 15 is 0 Å². The van der Waals surface area contributed by atoms with Gasteiger partial charge in [0.15, 0.2) is 15.8 Å². The first kappa shape index (κ1) is 26.6. The van der Waals surface area contributed by atoms with Crippen LogP contribution in [-0.4, -0.2) is 57.6 Å². The van der Waals surface area contributed by atoms with E-state index in [9.17, 15) is 17.6 Å². The number of carbonyl (C=O) groups is 1. The van der Waals surface area contributed by atoms with E-state index in [-0.39, 0.29) is 48.2 Å². The summed E-state index contributed by atoms with van der Waals surface area (Å²) >= 11 is 0. The van der Waals surface area contributed by atoms with Gasteiger partial charge < -0.3 is 15.5 Å². The summed E-state index contributed by atoms with van der Waals surface area (Å²) in [5.74, 6) is 0.0155. The Balaban J connectivity index is 0.00000450. The number of halogens is 2. The number of nitrogens with one attached hydrogen (secondary N) is 2. The largest absolute Gasteiger partial charge is 0.356 e. The molecule has 1 aromatic rings. The minimum Gasteiger partial charge on any atom is -0.356 e. The monoisotopic (exact) mass is 554 g/mol. The maximum Gasteiger partial charge on any atom is 0.224 e. The average Bonchev–Trinajstić information content (AvgIpc) is 2.65. The molecule has 30 heavy (non-hydrogen) atoms. The molecule has 1 saturated heterocycles. The van der Waals surface area contributed by atoms with Crippen LogP contribution in [0.2, 0.25) is 0 Å². The molecule has 1 aliphatic rings. The molecule has 10 heteroatoms. The highest BCUT2D eigenvalue weighted by Gasteiger charge is 2.22. The number of rotatable bonds is 7. The molecule has 170 valence electrons. The number of carbonyl (C=O) groups excluding carboxylic acids is 1. The van der Waals surface area contributed by atoms with E-state index < -0.39 is 15.7 Å². The number of piperidine rings is 1. The number of hydrogen-bond donors (Lipinski definition) is 2. The zero-order chi connectivity index (χ0) is 21.4. The van der Waals surface area contributed by atoms with Crippen LogP contribution in [0.3, 0.4) is 0 Å². The number of likely N-dealkylation sites (tertiary alicyclic amines) is 1. The maximum atomic E-state index is 13.6. The van der Waals surface area contributed by atoms with Crippen molar-refractivity contribution in [3.63, 3.8) is 0 Å². The van der Waals surface area contributed by atoms with Crippen LogP contribution >= 0.6 is 24.0 Å². The molecule has 1 heterocycles. The van der Waals surface area contributed by atoms with Gasteiger partial charge in [-0.25, -0.2) is 12.8 Å². The van der Waals surface area contributed by atoms with Gasteiger partial charge in [0.25, 0.3) is 0 Å². The molecule has 2 N–H and O–H groups in total. The highest BCUT2D eigenvalue weighted by molar-refractivity contribution is 14.0. The molecular formula is C20H32FIN4O3S. The summed E-state index contributed by atoms with van der Waals surface area (Å²) in [7, 11) is -1.63. The van der Waals surface area contributed by atoms with Gasteiger partial charge in [-0.2, -0.15) is 0 Å². The maximum absolute atomic E-state index is 13.6. The Hall–Kier alpha value is -1.43. The van der Waals surface area contributed by atoms with Crippen molar-refractivity contribution in [1.29, 1.82) is 0 Å². The minimum absolute atomic E-state index is 0. The fourth-order valence-corrected chi connectivity index (χ4v) is 4.33. The summed E-state index contributed by atoms with van der Waals surface area (Å²) in [5, 5.41) is 6.14. The normalized spacial score (nSPS) is 17.3. The van der Waals surface area contributed by atoms with Crippen molar-refractivity contribution in [2.75, 3.05) is 26.4 Å². The number of benzene rings is 1. The highest BCUT2D eigenvalue weighted by atomic mass is 127. The summed E-state index contributed by atoms with van der Waals surface area (Å²) in [6.45, 7) is 3.55. The summed E-state index contributed by atoms with van der Waals surface area (Å²) in [6.07, 6.45) is 4.78. The van der Waals surface area contributed by atoms with Crippen LogP contribution in [0.25, 0.3) is 0 Å². The predicted molar refractivity (Wildman–Crippen MR) is 128 cm³/mol. The quantitative estimate of drug-likeness (QED) is 0.307. The molecule has 0 saturated carbocycles. The summed E-state index contributed by atoms with van der Waals surface area (Å²) in [5.41, 5.74) is 1.10. The van der Waals surface area contributed by atoms with E-state index in [1.807, 2.05) is 4.90 Å². The van der Waals surface area contributed by atoms with Crippen LogP contribution in [-0.2, 0) is 26.9 Å². The van der Waals surface area contributed by atoms with Crippen molar-refractivity contribution in [2.45, 2.75) is 50.9 Å². The number of nitrogens with zero attached hydrogens (tertiary/aromatic N) is 2. The average molecular weight is 554 g/mol. The van der Waals surface area contributed by atoms with Crippen molar-refractivity contribution >= 4 is 45.7 Å². The molecule has 0 bridgehead atoms. The Labute approximate surface area is 195 Å². The molecular weight excluding hydrogens is 522 g/mol. The van der Waals surface area contributed by atoms with Crippen molar-refractivity contribution in [1.82, 2.24) is 15.5 Å². The first-order valence-corrected chi connectivity index (χ1v) is 11.9. The molecule has 1 unspecified atom stereocenters. The van der Waals surface area contributed by atoms with Gasteiger partial charge in [-0.05, 0) is 49.4 Å². The molecule has 1 aliphatic heterocycles. The van der Waals surface area contributed by atoms with Gasteiger partial charge in [0.2, 0.25) is 5.91 Å². The van der Waals surface area contributed by atoms with Crippen LogP contribution in [0.5, 0.6) is 0 Å². The van der Waals surface area contributed by atoms with Gasteiger partial charge in [0.05, 0.1) is 5.75 Å². The van der Waals surface area contributed by atoms with Crippen LogP contribution in [0.4, 0.5) is 4.39 Å². The predicted octanol–water partition coefficient (Wildman–Crippen LogP) is 2.44. The van der Waals surface area contributed by atoms with E-state index in [2.05, 4.69) is 22.5 Å².